The minimum absolute atomic E-state index is 0.0499. The highest BCUT2D eigenvalue weighted by atomic mass is 32.2. The predicted octanol–water partition coefficient (Wildman–Crippen LogP) is 1.36. The SMILES string of the molecule is CNS(=O)(=O)c1cc(C(=O)OCc2nc(-c3ccc(OC)cc3OC)no2)n(C)c1. The van der Waals surface area contributed by atoms with Crippen molar-refractivity contribution in [1.82, 2.24) is 19.4 Å². The Balaban J connectivity index is 1.73. The summed E-state index contributed by atoms with van der Waals surface area (Å²) in [5.41, 5.74) is 0.629. The number of rotatable bonds is 8. The first kappa shape index (κ1) is 21.3. The lowest BCUT2D eigenvalue weighted by molar-refractivity contribution is 0.0418. The van der Waals surface area contributed by atoms with Crippen LogP contribution in [0.2, 0.25) is 0 Å². The van der Waals surface area contributed by atoms with Crippen LogP contribution in [0, 0.1) is 0 Å². The van der Waals surface area contributed by atoms with Crippen molar-refractivity contribution in [3.05, 3.63) is 42.0 Å². The van der Waals surface area contributed by atoms with Crippen molar-refractivity contribution in [1.29, 1.82) is 0 Å². The van der Waals surface area contributed by atoms with E-state index in [-0.39, 0.29) is 28.9 Å². The van der Waals surface area contributed by atoms with Crippen LogP contribution in [0.1, 0.15) is 16.4 Å². The number of carbonyl (C=O) groups excluding carboxylic acids is 1. The molecule has 0 saturated heterocycles. The molecule has 3 aromatic rings. The lowest BCUT2D eigenvalue weighted by atomic mass is 10.2. The smallest absolute Gasteiger partial charge is 0.355 e. The Morgan fingerprint density at radius 3 is 2.67 bits per heavy atom. The molecular formula is C18H20N4O7S. The highest BCUT2D eigenvalue weighted by Crippen LogP contribution is 2.31. The van der Waals surface area contributed by atoms with E-state index in [0.717, 1.165) is 0 Å². The number of ether oxygens (including phenoxy) is 3. The van der Waals surface area contributed by atoms with E-state index >= 15 is 0 Å². The number of nitrogens with one attached hydrogen (secondary N) is 1. The molecule has 3 rings (SSSR count). The van der Waals surface area contributed by atoms with Gasteiger partial charge in [-0.1, -0.05) is 5.16 Å². The molecule has 0 aliphatic rings. The van der Waals surface area contributed by atoms with E-state index in [0.29, 0.717) is 17.1 Å². The maximum Gasteiger partial charge on any atom is 0.355 e. The molecule has 0 aliphatic heterocycles. The number of carbonyl (C=O) groups is 1. The van der Waals surface area contributed by atoms with Crippen molar-refractivity contribution in [2.75, 3.05) is 21.3 Å². The van der Waals surface area contributed by atoms with Crippen LogP contribution in [0.15, 0.2) is 39.9 Å². The summed E-state index contributed by atoms with van der Waals surface area (Å²) in [5.74, 6) is 0.670. The molecule has 0 bridgehead atoms. The number of methoxy groups -OCH3 is 2. The number of aryl methyl sites for hydroxylation is 1. The van der Waals surface area contributed by atoms with Gasteiger partial charge in [-0.25, -0.2) is 17.9 Å². The average molecular weight is 436 g/mol. The van der Waals surface area contributed by atoms with Gasteiger partial charge in [0.05, 0.1) is 19.8 Å². The molecular weight excluding hydrogens is 416 g/mol. The van der Waals surface area contributed by atoms with Gasteiger partial charge >= 0.3 is 5.97 Å². The van der Waals surface area contributed by atoms with Crippen LogP contribution < -0.4 is 14.2 Å². The predicted molar refractivity (Wildman–Crippen MR) is 104 cm³/mol. The van der Waals surface area contributed by atoms with Crippen LogP contribution in [-0.4, -0.2) is 50.4 Å². The highest BCUT2D eigenvalue weighted by molar-refractivity contribution is 7.89. The molecule has 1 aromatic carbocycles. The second-order valence-corrected chi connectivity index (χ2v) is 7.92. The Morgan fingerprint density at radius 1 is 1.23 bits per heavy atom. The third kappa shape index (κ3) is 4.28. The summed E-state index contributed by atoms with van der Waals surface area (Å²) in [7, 11) is 2.18. The fourth-order valence-electron chi connectivity index (χ4n) is 2.61. The van der Waals surface area contributed by atoms with Crippen molar-refractivity contribution in [2.45, 2.75) is 11.5 Å². The topological polar surface area (TPSA) is 135 Å². The first-order chi connectivity index (χ1) is 14.3. The summed E-state index contributed by atoms with van der Waals surface area (Å²) in [5, 5.41) is 3.88. The van der Waals surface area contributed by atoms with E-state index in [9.17, 15) is 13.2 Å². The molecule has 2 aromatic heterocycles. The number of esters is 1. The molecule has 0 fully saturated rings. The zero-order valence-corrected chi connectivity index (χ0v) is 17.5. The zero-order chi connectivity index (χ0) is 21.9. The summed E-state index contributed by atoms with van der Waals surface area (Å²) in [4.78, 5) is 16.5. The molecule has 0 atom stereocenters. The van der Waals surface area contributed by atoms with Crippen molar-refractivity contribution >= 4 is 16.0 Å². The zero-order valence-electron chi connectivity index (χ0n) is 16.7. The molecule has 12 heteroatoms. The number of aromatic nitrogens is 3. The van der Waals surface area contributed by atoms with Gasteiger partial charge < -0.3 is 23.3 Å². The molecule has 0 unspecified atom stereocenters. The van der Waals surface area contributed by atoms with Crippen molar-refractivity contribution < 1.29 is 31.9 Å². The molecule has 160 valence electrons. The Kier molecular flexibility index (Phi) is 6.08. The average Bonchev–Trinajstić information content (AvgIpc) is 3.38. The van der Waals surface area contributed by atoms with Gasteiger partial charge in [0.1, 0.15) is 22.1 Å². The second kappa shape index (κ2) is 8.55. The maximum absolute atomic E-state index is 12.3. The molecule has 11 nitrogen and oxygen atoms in total. The molecule has 0 amide bonds. The quantitative estimate of drug-likeness (QED) is 0.519. The van der Waals surface area contributed by atoms with Crippen LogP contribution in [0.3, 0.4) is 0 Å². The van der Waals surface area contributed by atoms with Crippen molar-refractivity contribution in [3.8, 4) is 22.9 Å². The van der Waals surface area contributed by atoms with Crippen LogP contribution >= 0.6 is 0 Å². The van der Waals surface area contributed by atoms with Gasteiger partial charge in [0.25, 0.3) is 5.89 Å². The van der Waals surface area contributed by atoms with Crippen molar-refractivity contribution in [3.63, 3.8) is 0 Å². The van der Waals surface area contributed by atoms with Crippen LogP contribution in [0.25, 0.3) is 11.4 Å². The molecule has 0 saturated carbocycles. The van der Waals surface area contributed by atoms with E-state index in [1.807, 2.05) is 0 Å². The molecule has 2 heterocycles. The van der Waals surface area contributed by atoms with E-state index in [1.54, 1.807) is 25.3 Å². The number of nitrogens with zero attached hydrogens (tertiary/aromatic N) is 3. The van der Waals surface area contributed by atoms with Gasteiger partial charge in [-0.3, -0.25) is 0 Å². The van der Waals surface area contributed by atoms with Crippen molar-refractivity contribution in [2.24, 2.45) is 7.05 Å². The molecule has 0 spiro atoms. The lowest BCUT2D eigenvalue weighted by Gasteiger charge is -2.07. The first-order valence-electron chi connectivity index (χ1n) is 8.61. The summed E-state index contributed by atoms with van der Waals surface area (Å²) in [6.45, 7) is -0.288. The van der Waals surface area contributed by atoms with Crippen LogP contribution in [0.4, 0.5) is 0 Å². The third-order valence-electron chi connectivity index (χ3n) is 4.21. The monoisotopic (exact) mass is 436 g/mol. The van der Waals surface area contributed by atoms with Gasteiger partial charge in [-0.15, -0.1) is 0 Å². The van der Waals surface area contributed by atoms with Crippen LogP contribution in [0.5, 0.6) is 11.5 Å². The number of hydrogen-bond donors (Lipinski definition) is 1. The Labute approximate surface area is 172 Å². The van der Waals surface area contributed by atoms with Gasteiger partial charge in [-0.2, -0.15) is 4.98 Å². The summed E-state index contributed by atoms with van der Waals surface area (Å²) in [6.07, 6.45) is 1.31. The summed E-state index contributed by atoms with van der Waals surface area (Å²) in [6, 6.07) is 6.33. The van der Waals surface area contributed by atoms with Gasteiger partial charge in [0, 0.05) is 19.3 Å². The minimum atomic E-state index is -3.68. The van der Waals surface area contributed by atoms with E-state index in [4.69, 9.17) is 18.7 Å². The third-order valence-corrected chi connectivity index (χ3v) is 5.59. The highest BCUT2D eigenvalue weighted by Gasteiger charge is 2.21. The Hall–Kier alpha value is -3.38. The Bertz CT molecular complexity index is 1170. The lowest BCUT2D eigenvalue weighted by Crippen LogP contribution is -2.17. The standard InChI is InChI=1S/C18H20N4O7S/c1-19-30(24,25)12-8-14(22(2)9-12)18(23)28-10-16-20-17(21-29-16)13-6-5-11(26-3)7-15(13)27-4/h5-9,19H,10H2,1-4H3. The number of benzene rings is 1. The fraction of sp³-hybridized carbons (Fsp3) is 0.278. The number of sulfonamides is 1. The minimum Gasteiger partial charge on any atom is -0.497 e. The largest absolute Gasteiger partial charge is 0.497 e. The molecule has 30 heavy (non-hydrogen) atoms. The second-order valence-electron chi connectivity index (χ2n) is 6.03. The maximum atomic E-state index is 12.3. The van der Waals surface area contributed by atoms with Gasteiger partial charge in [0.15, 0.2) is 6.61 Å². The summed E-state index contributed by atoms with van der Waals surface area (Å²) < 4.78 is 48.1. The molecule has 0 radical (unpaired) electrons. The number of hydrogen-bond acceptors (Lipinski definition) is 9. The molecule has 0 aliphatic carbocycles. The fourth-order valence-corrected chi connectivity index (χ4v) is 3.41. The van der Waals surface area contributed by atoms with E-state index in [1.165, 1.54) is 38.0 Å². The van der Waals surface area contributed by atoms with E-state index in [2.05, 4.69) is 14.9 Å². The van der Waals surface area contributed by atoms with Gasteiger partial charge in [-0.05, 0) is 25.2 Å². The van der Waals surface area contributed by atoms with Gasteiger partial charge in [0.2, 0.25) is 15.8 Å². The first-order valence-corrected chi connectivity index (χ1v) is 10.1. The summed E-state index contributed by atoms with van der Waals surface area (Å²) >= 11 is 0. The van der Waals surface area contributed by atoms with Crippen LogP contribution in [-0.2, 0) is 28.4 Å². The Morgan fingerprint density at radius 2 is 2.00 bits per heavy atom. The normalized spacial score (nSPS) is 11.3. The van der Waals surface area contributed by atoms with E-state index < -0.39 is 16.0 Å². The molecule has 1 N–H and O–H groups in total.